The van der Waals surface area contributed by atoms with Gasteiger partial charge in [0.1, 0.15) is 20.2 Å². The normalized spacial score (nSPS) is 12.2. The van der Waals surface area contributed by atoms with Crippen molar-refractivity contribution >= 4 is 31.0 Å². The second kappa shape index (κ2) is 9.35. The van der Waals surface area contributed by atoms with Gasteiger partial charge in [-0.15, -0.1) is 0 Å². The molecule has 0 fully saturated rings. The van der Waals surface area contributed by atoms with E-state index in [0.717, 1.165) is 0 Å². The molecule has 2 aromatic carbocycles. The van der Waals surface area contributed by atoms with Gasteiger partial charge in [0, 0.05) is 5.39 Å². The summed E-state index contributed by atoms with van der Waals surface area (Å²) in [4.78, 5) is -1.85. The number of benzene rings is 2. The summed E-state index contributed by atoms with van der Waals surface area (Å²) >= 11 is 0. The van der Waals surface area contributed by atoms with Crippen LogP contribution >= 0.6 is 0 Å². The molecule has 0 atom stereocenters. The van der Waals surface area contributed by atoms with Crippen molar-refractivity contribution < 1.29 is 85.1 Å². The predicted octanol–water partition coefficient (Wildman–Crippen LogP) is -3.10. The molecule has 0 aliphatic carbocycles. The van der Waals surface area contributed by atoms with Crippen LogP contribution in [-0.2, 0) is 20.2 Å². The Hall–Kier alpha value is 0.520. The quantitative estimate of drug-likeness (QED) is 0.385. The van der Waals surface area contributed by atoms with Gasteiger partial charge < -0.3 is 9.11 Å². The maximum Gasteiger partial charge on any atom is 1.00 e. The van der Waals surface area contributed by atoms with Crippen LogP contribution in [0.1, 0.15) is 50.7 Å². The summed E-state index contributed by atoms with van der Waals surface area (Å²) in [6, 6.07) is 6.15. The Kier molecular flexibility index (Phi) is 9.53. The monoisotopic (exact) mass is 416 g/mol. The van der Waals surface area contributed by atoms with Crippen LogP contribution in [0, 0.1) is 0 Å². The average Bonchev–Trinajstić information content (AvgIpc) is 2.41. The van der Waals surface area contributed by atoms with Gasteiger partial charge in [0.25, 0.3) is 0 Å². The molecule has 0 aromatic heterocycles. The van der Waals surface area contributed by atoms with Gasteiger partial charge in [-0.25, -0.2) is 16.8 Å². The third-order valence-electron chi connectivity index (χ3n) is 3.86. The van der Waals surface area contributed by atoms with E-state index in [0.29, 0.717) is 10.9 Å². The molecule has 0 unspecified atom stereocenters. The first-order chi connectivity index (χ1) is 10.9. The summed E-state index contributed by atoms with van der Waals surface area (Å²) < 4.78 is 71.1. The van der Waals surface area contributed by atoms with E-state index in [9.17, 15) is 25.9 Å². The molecule has 6 nitrogen and oxygen atoms in total. The Morgan fingerprint density at radius 2 is 1.08 bits per heavy atom. The first-order valence-electron chi connectivity index (χ1n) is 7.37. The van der Waals surface area contributed by atoms with E-state index in [2.05, 4.69) is 0 Å². The van der Waals surface area contributed by atoms with Gasteiger partial charge in [0.15, 0.2) is 0 Å². The van der Waals surface area contributed by atoms with Crippen molar-refractivity contribution in [2.24, 2.45) is 0 Å². The Morgan fingerprint density at radius 1 is 0.692 bits per heavy atom. The molecule has 0 saturated carbocycles. The van der Waals surface area contributed by atoms with E-state index in [-0.39, 0.29) is 76.0 Å². The van der Waals surface area contributed by atoms with Crippen LogP contribution in [0.4, 0.5) is 0 Å². The summed E-state index contributed by atoms with van der Waals surface area (Å²) in [6.07, 6.45) is 0. The van der Waals surface area contributed by atoms with E-state index in [1.807, 2.05) is 13.8 Å². The van der Waals surface area contributed by atoms with Gasteiger partial charge >= 0.3 is 59.1 Å². The Balaban J connectivity index is 0.00000312. The maximum absolute atomic E-state index is 11.9. The van der Waals surface area contributed by atoms with Crippen LogP contribution in [0.15, 0.2) is 34.1 Å². The van der Waals surface area contributed by atoms with Crippen molar-refractivity contribution in [3.05, 3.63) is 35.4 Å². The molecule has 0 aliphatic heterocycles. The van der Waals surface area contributed by atoms with Crippen LogP contribution in [0.5, 0.6) is 0 Å². The summed E-state index contributed by atoms with van der Waals surface area (Å²) in [5.74, 6) is -0.623. The van der Waals surface area contributed by atoms with Gasteiger partial charge in [-0.05, 0) is 28.3 Å². The molecule has 132 valence electrons. The topological polar surface area (TPSA) is 114 Å². The fourth-order valence-corrected chi connectivity index (χ4v) is 5.47. The van der Waals surface area contributed by atoms with Crippen molar-refractivity contribution in [1.29, 1.82) is 0 Å². The third-order valence-corrected chi connectivity index (χ3v) is 5.83. The Labute approximate surface area is 198 Å². The van der Waals surface area contributed by atoms with Crippen LogP contribution in [0.25, 0.3) is 10.8 Å². The molecule has 0 heterocycles. The molecule has 0 amide bonds. The molecule has 26 heavy (non-hydrogen) atoms. The molecular formula is C16H18Na2O6S2. The van der Waals surface area contributed by atoms with E-state index in [1.165, 1.54) is 12.1 Å². The molecule has 0 aliphatic rings. The second-order valence-electron chi connectivity index (χ2n) is 6.25. The molecule has 0 spiro atoms. The van der Waals surface area contributed by atoms with Crippen molar-refractivity contribution in [3.63, 3.8) is 0 Å². The SMILES string of the molecule is CC(C)c1c(S(=O)(=O)[O-])c(S(=O)(=O)[O-])c2ccccc2c1C(C)C.[Na+].[Na+]. The Morgan fingerprint density at radius 3 is 1.42 bits per heavy atom. The van der Waals surface area contributed by atoms with Crippen molar-refractivity contribution in [1.82, 2.24) is 0 Å². The standard InChI is InChI=1S/C16H20O6S2.2Na/c1-9(2)13-11-7-5-6-8-12(11)15(23(17,18)19)16(24(20,21)22)14(13)10(3)4;;/h5-10H,1-4H3,(H,17,18,19)(H,20,21,22);;/q;2*+1/p-2. The molecule has 0 N–H and O–H groups in total. The first-order valence-corrected chi connectivity index (χ1v) is 10.2. The predicted molar refractivity (Wildman–Crippen MR) is 88.1 cm³/mol. The second-order valence-corrected chi connectivity index (χ2v) is 8.88. The molecule has 0 saturated heterocycles. The number of hydrogen-bond donors (Lipinski definition) is 0. The minimum Gasteiger partial charge on any atom is -0.744 e. The van der Waals surface area contributed by atoms with Crippen LogP contribution in [0.2, 0.25) is 0 Å². The summed E-state index contributed by atoms with van der Waals surface area (Å²) in [5.41, 5.74) is 0.676. The van der Waals surface area contributed by atoms with Gasteiger partial charge in [-0.1, -0.05) is 52.0 Å². The molecule has 0 bridgehead atoms. The summed E-state index contributed by atoms with van der Waals surface area (Å²) in [5, 5.41) is 0.438. The van der Waals surface area contributed by atoms with Gasteiger partial charge in [-0.3, -0.25) is 0 Å². The first kappa shape index (κ1) is 26.5. The number of hydrogen-bond acceptors (Lipinski definition) is 6. The van der Waals surface area contributed by atoms with E-state index >= 15 is 0 Å². The van der Waals surface area contributed by atoms with E-state index < -0.39 is 35.9 Å². The van der Waals surface area contributed by atoms with Gasteiger partial charge in [0.05, 0.1) is 9.79 Å². The van der Waals surface area contributed by atoms with Crippen LogP contribution < -0.4 is 59.1 Å². The van der Waals surface area contributed by atoms with Crippen molar-refractivity contribution in [2.75, 3.05) is 0 Å². The molecule has 10 heteroatoms. The Bertz CT molecular complexity index is 1010. The number of rotatable bonds is 4. The molecule has 2 aromatic rings. The van der Waals surface area contributed by atoms with Crippen molar-refractivity contribution in [3.8, 4) is 0 Å². The smallest absolute Gasteiger partial charge is 0.744 e. The molecule has 0 radical (unpaired) electrons. The molecule has 2 rings (SSSR count). The summed E-state index contributed by atoms with van der Waals surface area (Å²) in [7, 11) is -10.3. The maximum atomic E-state index is 11.9. The van der Waals surface area contributed by atoms with Crippen LogP contribution in [-0.4, -0.2) is 25.9 Å². The fraction of sp³-hybridized carbons (Fsp3) is 0.375. The van der Waals surface area contributed by atoms with E-state index in [1.54, 1.807) is 26.0 Å². The van der Waals surface area contributed by atoms with Crippen LogP contribution in [0.3, 0.4) is 0 Å². The van der Waals surface area contributed by atoms with E-state index in [4.69, 9.17) is 0 Å². The fourth-order valence-electron chi connectivity index (χ4n) is 3.12. The number of fused-ring (bicyclic) bond motifs is 1. The minimum absolute atomic E-state index is 0. The zero-order valence-corrected chi connectivity index (χ0v) is 21.4. The third kappa shape index (κ3) is 5.11. The van der Waals surface area contributed by atoms with Gasteiger partial charge in [-0.2, -0.15) is 0 Å². The zero-order valence-electron chi connectivity index (χ0n) is 15.7. The zero-order chi connectivity index (χ0) is 18.4. The van der Waals surface area contributed by atoms with Crippen molar-refractivity contribution in [2.45, 2.75) is 49.3 Å². The van der Waals surface area contributed by atoms with Gasteiger partial charge in [0.2, 0.25) is 0 Å². The largest absolute Gasteiger partial charge is 1.00 e. The summed E-state index contributed by atoms with van der Waals surface area (Å²) in [6.45, 7) is 6.96. The minimum atomic E-state index is -5.17. The average molecular weight is 416 g/mol. The molecular weight excluding hydrogens is 398 g/mol.